The van der Waals surface area contributed by atoms with Gasteiger partial charge in [-0.25, -0.2) is 4.98 Å². The number of aromatic nitrogens is 3. The summed E-state index contributed by atoms with van der Waals surface area (Å²) in [7, 11) is 1.68. The maximum Gasteiger partial charge on any atom is 0.252 e. The summed E-state index contributed by atoms with van der Waals surface area (Å²) in [5, 5.41) is 0. The molecule has 6 nitrogen and oxygen atoms in total. The molecule has 0 amide bonds. The summed E-state index contributed by atoms with van der Waals surface area (Å²) in [6.07, 6.45) is 5.46. The lowest BCUT2D eigenvalue weighted by Gasteiger charge is -2.32. The van der Waals surface area contributed by atoms with Gasteiger partial charge < -0.3 is 9.64 Å². The fourth-order valence-electron chi connectivity index (χ4n) is 3.57. The third kappa shape index (κ3) is 3.84. The molecule has 0 radical (unpaired) electrons. The van der Waals surface area contributed by atoms with Gasteiger partial charge in [0.1, 0.15) is 5.75 Å². The predicted octanol–water partition coefficient (Wildman–Crippen LogP) is 3.22. The molecule has 0 atom stereocenters. The molecule has 0 spiro atoms. The van der Waals surface area contributed by atoms with Crippen molar-refractivity contribution in [1.82, 2.24) is 15.0 Å². The molecule has 3 heterocycles. The number of rotatable bonds is 4. The summed E-state index contributed by atoms with van der Waals surface area (Å²) >= 11 is 0. The normalized spacial score (nSPS) is 14.9. The molecule has 2 aromatic heterocycles. The number of pyridine rings is 1. The van der Waals surface area contributed by atoms with E-state index in [9.17, 15) is 4.79 Å². The summed E-state index contributed by atoms with van der Waals surface area (Å²) < 4.78 is 5.24. The first-order valence-electron chi connectivity index (χ1n) is 9.13. The van der Waals surface area contributed by atoms with Crippen molar-refractivity contribution in [1.29, 1.82) is 0 Å². The summed E-state index contributed by atoms with van der Waals surface area (Å²) in [4.78, 5) is 25.9. The van der Waals surface area contributed by atoms with E-state index in [2.05, 4.69) is 32.0 Å². The number of piperidine rings is 1. The van der Waals surface area contributed by atoms with Gasteiger partial charge in [0.05, 0.1) is 12.8 Å². The van der Waals surface area contributed by atoms with Crippen LogP contribution < -0.4 is 15.2 Å². The Kier molecular flexibility index (Phi) is 4.87. The highest BCUT2D eigenvalue weighted by Gasteiger charge is 2.22. The number of H-pyrrole nitrogens is 1. The van der Waals surface area contributed by atoms with Crippen LogP contribution in [-0.4, -0.2) is 35.2 Å². The highest BCUT2D eigenvalue weighted by atomic mass is 16.5. The number of hydrogen-bond donors (Lipinski definition) is 1. The second kappa shape index (κ2) is 7.61. The van der Waals surface area contributed by atoms with Gasteiger partial charge in [-0.15, -0.1) is 0 Å². The van der Waals surface area contributed by atoms with E-state index in [4.69, 9.17) is 4.74 Å². The molecule has 0 bridgehead atoms. The largest absolute Gasteiger partial charge is 0.497 e. The number of benzene rings is 1. The molecule has 1 aromatic carbocycles. The van der Waals surface area contributed by atoms with Crippen LogP contribution >= 0.6 is 0 Å². The highest BCUT2D eigenvalue weighted by molar-refractivity contribution is 5.59. The molecular formula is C21H22N4O2. The monoisotopic (exact) mass is 362 g/mol. The zero-order valence-corrected chi connectivity index (χ0v) is 15.3. The molecule has 27 heavy (non-hydrogen) atoms. The Bertz CT molecular complexity index is 946. The van der Waals surface area contributed by atoms with Gasteiger partial charge in [-0.3, -0.25) is 14.8 Å². The fourth-order valence-corrected chi connectivity index (χ4v) is 3.57. The lowest BCUT2D eigenvalue weighted by atomic mass is 9.89. The molecule has 1 aliphatic heterocycles. The summed E-state index contributed by atoms with van der Waals surface area (Å²) in [6.45, 7) is 1.72. The van der Waals surface area contributed by atoms with E-state index in [0.29, 0.717) is 17.6 Å². The molecule has 4 rings (SSSR count). The Balaban J connectivity index is 1.49. The van der Waals surface area contributed by atoms with Crippen molar-refractivity contribution in [3.63, 3.8) is 0 Å². The SMILES string of the molecule is COc1ccc(C2CCN(c3nc(-c4ccncc4)cc(=O)[nH]3)CC2)cc1. The van der Waals surface area contributed by atoms with Crippen molar-refractivity contribution in [2.75, 3.05) is 25.1 Å². The minimum absolute atomic E-state index is 0.135. The first-order valence-corrected chi connectivity index (χ1v) is 9.13. The van der Waals surface area contributed by atoms with Crippen molar-refractivity contribution in [2.45, 2.75) is 18.8 Å². The Labute approximate surface area is 157 Å². The molecule has 3 aromatic rings. The first kappa shape index (κ1) is 17.3. The van der Waals surface area contributed by atoms with E-state index in [1.165, 1.54) is 11.6 Å². The van der Waals surface area contributed by atoms with E-state index in [0.717, 1.165) is 37.2 Å². The van der Waals surface area contributed by atoms with Gasteiger partial charge in [0.2, 0.25) is 5.95 Å². The molecule has 1 fully saturated rings. The number of hydrogen-bond acceptors (Lipinski definition) is 5. The smallest absolute Gasteiger partial charge is 0.252 e. The first-order chi connectivity index (χ1) is 13.2. The van der Waals surface area contributed by atoms with Crippen LogP contribution in [0.5, 0.6) is 5.75 Å². The van der Waals surface area contributed by atoms with Crippen LogP contribution in [0.15, 0.2) is 59.7 Å². The summed E-state index contributed by atoms with van der Waals surface area (Å²) in [5.74, 6) is 2.04. The van der Waals surface area contributed by atoms with E-state index in [1.807, 2.05) is 24.3 Å². The average molecular weight is 362 g/mol. The van der Waals surface area contributed by atoms with Gasteiger partial charge >= 0.3 is 0 Å². The van der Waals surface area contributed by atoms with Crippen LogP contribution in [-0.2, 0) is 0 Å². The van der Waals surface area contributed by atoms with Gasteiger partial charge in [-0.1, -0.05) is 12.1 Å². The molecule has 0 unspecified atom stereocenters. The van der Waals surface area contributed by atoms with Crippen LogP contribution in [0.4, 0.5) is 5.95 Å². The summed E-state index contributed by atoms with van der Waals surface area (Å²) in [5.41, 5.74) is 2.77. The second-order valence-electron chi connectivity index (χ2n) is 6.72. The second-order valence-corrected chi connectivity index (χ2v) is 6.72. The number of anilines is 1. The minimum atomic E-state index is -0.135. The Morgan fingerprint density at radius 2 is 1.78 bits per heavy atom. The quantitative estimate of drug-likeness (QED) is 0.772. The van der Waals surface area contributed by atoms with Gasteiger partial charge in [0.25, 0.3) is 5.56 Å². The minimum Gasteiger partial charge on any atom is -0.497 e. The Hall–Kier alpha value is -3.15. The van der Waals surface area contributed by atoms with Gasteiger partial charge in [0, 0.05) is 37.1 Å². The van der Waals surface area contributed by atoms with Crippen LogP contribution in [0.3, 0.4) is 0 Å². The van der Waals surface area contributed by atoms with E-state index < -0.39 is 0 Å². The zero-order chi connectivity index (χ0) is 18.6. The number of aromatic amines is 1. The van der Waals surface area contributed by atoms with Gasteiger partial charge in [-0.05, 0) is 48.6 Å². The summed E-state index contributed by atoms with van der Waals surface area (Å²) in [6, 6.07) is 13.6. The molecule has 0 aliphatic carbocycles. The maximum absolute atomic E-state index is 12.1. The third-order valence-electron chi connectivity index (χ3n) is 5.09. The molecular weight excluding hydrogens is 340 g/mol. The van der Waals surface area contributed by atoms with E-state index >= 15 is 0 Å². The lowest BCUT2D eigenvalue weighted by molar-refractivity contribution is 0.414. The number of nitrogens with one attached hydrogen (secondary N) is 1. The molecule has 1 aliphatic rings. The molecule has 6 heteroatoms. The fraction of sp³-hybridized carbons (Fsp3) is 0.286. The average Bonchev–Trinajstić information content (AvgIpc) is 2.74. The molecule has 1 N–H and O–H groups in total. The molecule has 0 saturated carbocycles. The van der Waals surface area contributed by atoms with Crippen molar-refractivity contribution in [2.24, 2.45) is 0 Å². The van der Waals surface area contributed by atoms with Gasteiger partial charge in [0.15, 0.2) is 0 Å². The van der Waals surface area contributed by atoms with Gasteiger partial charge in [-0.2, -0.15) is 0 Å². The molecule has 138 valence electrons. The van der Waals surface area contributed by atoms with Crippen molar-refractivity contribution >= 4 is 5.95 Å². The number of nitrogens with zero attached hydrogens (tertiary/aromatic N) is 3. The van der Waals surface area contributed by atoms with E-state index in [1.54, 1.807) is 19.5 Å². The van der Waals surface area contributed by atoms with Crippen LogP contribution in [0, 0.1) is 0 Å². The zero-order valence-electron chi connectivity index (χ0n) is 15.3. The predicted molar refractivity (Wildman–Crippen MR) is 105 cm³/mol. The van der Waals surface area contributed by atoms with Crippen molar-refractivity contribution in [3.05, 3.63) is 70.8 Å². The van der Waals surface area contributed by atoms with Crippen molar-refractivity contribution < 1.29 is 4.74 Å². The Morgan fingerprint density at radius 3 is 2.44 bits per heavy atom. The molecule has 1 saturated heterocycles. The van der Waals surface area contributed by atoms with E-state index in [-0.39, 0.29) is 5.56 Å². The van der Waals surface area contributed by atoms with Crippen LogP contribution in [0.25, 0.3) is 11.3 Å². The maximum atomic E-state index is 12.1. The topological polar surface area (TPSA) is 71.1 Å². The third-order valence-corrected chi connectivity index (χ3v) is 5.09. The Morgan fingerprint density at radius 1 is 1.07 bits per heavy atom. The number of ether oxygens (including phenoxy) is 1. The van der Waals surface area contributed by atoms with Crippen molar-refractivity contribution in [3.8, 4) is 17.0 Å². The number of methoxy groups -OCH3 is 1. The standard InChI is InChI=1S/C21H22N4O2/c1-27-18-4-2-15(3-5-18)16-8-12-25(13-9-16)21-23-19(14-20(26)24-21)17-6-10-22-11-7-17/h2-7,10-11,14,16H,8-9,12-13H2,1H3,(H,23,24,26). The van der Waals surface area contributed by atoms with Crippen LogP contribution in [0.1, 0.15) is 24.3 Å². The van der Waals surface area contributed by atoms with Crippen LogP contribution in [0.2, 0.25) is 0 Å². The highest BCUT2D eigenvalue weighted by Crippen LogP contribution is 2.30. The lowest BCUT2D eigenvalue weighted by Crippen LogP contribution is -2.35.